The summed E-state index contributed by atoms with van der Waals surface area (Å²) in [5, 5.41) is 8.71. The lowest BCUT2D eigenvalue weighted by Crippen LogP contribution is -2.02. The van der Waals surface area contributed by atoms with Gasteiger partial charge in [0.25, 0.3) is 0 Å². The molecule has 0 bridgehead atoms. The van der Waals surface area contributed by atoms with Crippen molar-refractivity contribution in [1.82, 2.24) is 0 Å². The zero-order chi connectivity index (χ0) is 8.55. The van der Waals surface area contributed by atoms with Crippen LogP contribution in [0.25, 0.3) is 0 Å². The Morgan fingerprint density at radius 1 is 1.42 bits per heavy atom. The zero-order valence-corrected chi connectivity index (χ0v) is 6.45. The van der Waals surface area contributed by atoms with Crippen LogP contribution in [0.3, 0.4) is 0 Å². The first-order valence-electron chi connectivity index (χ1n) is 3.83. The van der Waals surface area contributed by atoms with Crippen molar-refractivity contribution in [2.75, 3.05) is 0 Å². The molecule has 0 spiro atoms. The topological polar surface area (TPSA) is 40.9 Å². The third-order valence-corrected chi connectivity index (χ3v) is 2.18. The molecule has 0 aromatic heterocycles. The molecule has 2 nitrogen and oxygen atoms in total. The Labute approximate surface area is 70.4 Å². The van der Waals surface area contributed by atoms with E-state index >= 15 is 0 Å². The highest BCUT2D eigenvalue weighted by molar-refractivity contribution is 5.94. The number of nitrogens with zero attached hydrogens (tertiary/aromatic N) is 1. The number of Topliss-reactive ketones (excluding diaryl/α,β-unsaturated/α-hetero) is 1. The Morgan fingerprint density at radius 3 is 2.92 bits per heavy atom. The largest absolute Gasteiger partial charge is 0.297 e. The molecule has 1 atom stereocenters. The molecule has 12 heavy (non-hydrogen) atoms. The molecule has 0 radical (unpaired) electrons. The van der Waals surface area contributed by atoms with Gasteiger partial charge in [-0.3, -0.25) is 4.79 Å². The molecule has 0 amide bonds. The van der Waals surface area contributed by atoms with E-state index in [4.69, 9.17) is 5.26 Å². The highest BCUT2D eigenvalue weighted by Crippen LogP contribution is 2.28. The van der Waals surface area contributed by atoms with E-state index in [1.807, 2.05) is 30.3 Å². The molecule has 1 aliphatic rings. The molecule has 58 valence electrons. The Bertz CT molecular complexity index is 376. The average molecular weight is 157 g/mol. The van der Waals surface area contributed by atoms with Gasteiger partial charge in [-0.15, -0.1) is 0 Å². The second kappa shape index (κ2) is 2.46. The fourth-order valence-electron chi connectivity index (χ4n) is 1.58. The number of hydrogen-bond acceptors (Lipinski definition) is 2. The number of carbonyl (C=O) groups excluding carboxylic acids is 1. The molecule has 0 aliphatic heterocycles. The summed E-state index contributed by atoms with van der Waals surface area (Å²) in [4.78, 5) is 11.2. The van der Waals surface area contributed by atoms with Crippen LogP contribution in [0.15, 0.2) is 24.3 Å². The lowest BCUT2D eigenvalue weighted by Gasteiger charge is -1.97. The minimum Gasteiger partial charge on any atom is -0.297 e. The number of hydrogen-bond donors (Lipinski definition) is 0. The first-order chi connectivity index (χ1) is 5.83. The summed E-state index contributed by atoms with van der Waals surface area (Å²) in [6, 6.07) is 9.54. The van der Waals surface area contributed by atoms with E-state index in [2.05, 4.69) is 0 Å². The number of nitriles is 1. The van der Waals surface area contributed by atoms with Gasteiger partial charge in [-0.1, -0.05) is 24.3 Å². The molecule has 1 aromatic carbocycles. The van der Waals surface area contributed by atoms with E-state index in [0.717, 1.165) is 11.1 Å². The summed E-state index contributed by atoms with van der Waals surface area (Å²) in [6.45, 7) is 0. The van der Waals surface area contributed by atoms with Crippen LogP contribution in [0.5, 0.6) is 0 Å². The van der Waals surface area contributed by atoms with Crippen LogP contribution in [0.2, 0.25) is 0 Å². The molecule has 2 heteroatoms. The van der Waals surface area contributed by atoms with Gasteiger partial charge in [0.1, 0.15) is 5.92 Å². The van der Waals surface area contributed by atoms with Crippen molar-refractivity contribution >= 4 is 5.78 Å². The maximum atomic E-state index is 11.2. The molecule has 0 N–H and O–H groups in total. The first kappa shape index (κ1) is 7.05. The lowest BCUT2D eigenvalue weighted by molar-refractivity contribution is -0.117. The summed E-state index contributed by atoms with van der Waals surface area (Å²) in [5.74, 6) is -0.486. The van der Waals surface area contributed by atoms with Crippen molar-refractivity contribution in [3.8, 4) is 6.07 Å². The Balaban J connectivity index is 2.56. The molecule has 1 aromatic rings. The third kappa shape index (κ3) is 0.835. The number of benzene rings is 1. The van der Waals surface area contributed by atoms with E-state index in [9.17, 15) is 4.79 Å². The first-order valence-corrected chi connectivity index (χ1v) is 3.83. The van der Waals surface area contributed by atoms with Crippen LogP contribution >= 0.6 is 0 Å². The molecule has 2 rings (SSSR count). The maximum absolute atomic E-state index is 11.2. The van der Waals surface area contributed by atoms with Crippen molar-refractivity contribution < 1.29 is 4.79 Å². The quantitative estimate of drug-likeness (QED) is 0.571. The summed E-state index contributed by atoms with van der Waals surface area (Å²) < 4.78 is 0. The van der Waals surface area contributed by atoms with E-state index in [0.29, 0.717) is 6.42 Å². The number of fused-ring (bicyclic) bond motifs is 1. The van der Waals surface area contributed by atoms with Gasteiger partial charge in [-0.25, -0.2) is 0 Å². The Morgan fingerprint density at radius 2 is 2.17 bits per heavy atom. The summed E-state index contributed by atoms with van der Waals surface area (Å²) >= 11 is 0. The molecule has 0 saturated heterocycles. The van der Waals surface area contributed by atoms with E-state index in [-0.39, 0.29) is 5.78 Å². The van der Waals surface area contributed by atoms with Gasteiger partial charge in [0.2, 0.25) is 0 Å². The van der Waals surface area contributed by atoms with Crippen molar-refractivity contribution in [3.05, 3.63) is 35.4 Å². The highest BCUT2D eigenvalue weighted by atomic mass is 16.1. The van der Waals surface area contributed by atoms with E-state index in [1.165, 1.54) is 0 Å². The summed E-state index contributed by atoms with van der Waals surface area (Å²) in [5.41, 5.74) is 1.90. The van der Waals surface area contributed by atoms with Crippen LogP contribution in [-0.4, -0.2) is 5.78 Å². The predicted molar refractivity (Wildman–Crippen MR) is 43.5 cm³/mol. The van der Waals surface area contributed by atoms with Crippen molar-refractivity contribution in [1.29, 1.82) is 5.26 Å². The SMILES string of the molecule is N#C[C@@H]1C(=O)Cc2ccccc21. The van der Waals surface area contributed by atoms with Crippen LogP contribution in [0, 0.1) is 11.3 Å². The van der Waals surface area contributed by atoms with Gasteiger partial charge >= 0.3 is 0 Å². The third-order valence-electron chi connectivity index (χ3n) is 2.18. The number of carbonyl (C=O) groups is 1. The number of ketones is 1. The van der Waals surface area contributed by atoms with Gasteiger partial charge in [0.05, 0.1) is 6.07 Å². The number of rotatable bonds is 0. The van der Waals surface area contributed by atoms with Crippen molar-refractivity contribution in [2.45, 2.75) is 12.3 Å². The summed E-state index contributed by atoms with van der Waals surface area (Å²) in [6.07, 6.45) is 0.425. The predicted octanol–water partition coefficient (Wildman–Crippen LogP) is 1.42. The monoisotopic (exact) mass is 157 g/mol. The van der Waals surface area contributed by atoms with Crippen molar-refractivity contribution in [2.24, 2.45) is 0 Å². The van der Waals surface area contributed by atoms with Crippen LogP contribution in [-0.2, 0) is 11.2 Å². The lowest BCUT2D eigenvalue weighted by atomic mass is 10.0. The molecule has 0 heterocycles. The van der Waals surface area contributed by atoms with Crippen LogP contribution < -0.4 is 0 Å². The molecule has 1 aliphatic carbocycles. The Kier molecular flexibility index (Phi) is 1.44. The van der Waals surface area contributed by atoms with Gasteiger partial charge in [-0.05, 0) is 11.1 Å². The fraction of sp³-hybridized carbons (Fsp3) is 0.200. The van der Waals surface area contributed by atoms with Gasteiger partial charge < -0.3 is 0 Å². The molecular weight excluding hydrogens is 150 g/mol. The van der Waals surface area contributed by atoms with E-state index < -0.39 is 5.92 Å². The average Bonchev–Trinajstić information content (AvgIpc) is 2.40. The maximum Gasteiger partial charge on any atom is 0.158 e. The van der Waals surface area contributed by atoms with Crippen LogP contribution in [0.4, 0.5) is 0 Å². The smallest absolute Gasteiger partial charge is 0.158 e. The highest BCUT2D eigenvalue weighted by Gasteiger charge is 2.29. The second-order valence-electron chi connectivity index (χ2n) is 2.90. The molecule has 0 fully saturated rings. The van der Waals surface area contributed by atoms with Gasteiger partial charge in [0.15, 0.2) is 5.78 Å². The molecule has 0 saturated carbocycles. The standard InChI is InChI=1S/C10H7NO/c11-6-9-8-4-2-1-3-7(8)5-10(9)12/h1-4,9H,5H2/t9-/m0/s1. The van der Waals surface area contributed by atoms with Gasteiger partial charge in [0, 0.05) is 6.42 Å². The summed E-state index contributed by atoms with van der Waals surface area (Å²) in [7, 11) is 0. The van der Waals surface area contributed by atoms with Gasteiger partial charge in [-0.2, -0.15) is 5.26 Å². The minimum absolute atomic E-state index is 0.0266. The molecule has 0 unspecified atom stereocenters. The Hall–Kier alpha value is -1.62. The van der Waals surface area contributed by atoms with Crippen molar-refractivity contribution in [3.63, 3.8) is 0 Å². The zero-order valence-electron chi connectivity index (χ0n) is 6.45. The fourth-order valence-corrected chi connectivity index (χ4v) is 1.58. The molecular formula is C10H7NO. The van der Waals surface area contributed by atoms with Crippen LogP contribution in [0.1, 0.15) is 17.0 Å². The minimum atomic E-state index is -0.513. The van der Waals surface area contributed by atoms with E-state index in [1.54, 1.807) is 0 Å². The normalized spacial score (nSPS) is 20.2. The second-order valence-corrected chi connectivity index (χ2v) is 2.90.